The molecule has 0 aliphatic heterocycles. The molecule has 0 saturated heterocycles. The summed E-state index contributed by atoms with van der Waals surface area (Å²) in [6.45, 7) is 10.4. The molecule has 0 aromatic carbocycles. The smallest absolute Gasteiger partial charge is 0.294 e. The molecule has 4 atom stereocenters. The minimum atomic E-state index is -1.30. The molecule has 0 bridgehead atoms. The summed E-state index contributed by atoms with van der Waals surface area (Å²) >= 11 is 0. The Kier molecular flexibility index (Phi) is 12.1. The van der Waals surface area contributed by atoms with E-state index in [0.29, 0.717) is 11.8 Å². The lowest BCUT2D eigenvalue weighted by Crippen LogP contribution is -2.38. The molecular weight excluding hydrogens is 328 g/mol. The zero-order valence-electron chi connectivity index (χ0n) is 16.6. The van der Waals surface area contributed by atoms with Gasteiger partial charge < -0.3 is 14.9 Å². The van der Waals surface area contributed by atoms with E-state index in [-0.39, 0.29) is 6.47 Å². The molecule has 0 fully saturated rings. The van der Waals surface area contributed by atoms with Gasteiger partial charge >= 0.3 is 0 Å². The monoisotopic (exact) mass is 362 g/mol. The summed E-state index contributed by atoms with van der Waals surface area (Å²) in [5.74, 6) is 0.961. The topological polar surface area (TPSA) is 66.8 Å². The van der Waals surface area contributed by atoms with Gasteiger partial charge in [0, 0.05) is 0 Å². The molecule has 4 heteroatoms. The van der Waals surface area contributed by atoms with E-state index in [4.69, 9.17) is 9.84 Å². The average Bonchev–Trinajstić information content (AvgIpc) is 2.58. The van der Waals surface area contributed by atoms with E-state index >= 15 is 0 Å². The van der Waals surface area contributed by atoms with Crippen LogP contribution in [0.1, 0.15) is 47.5 Å². The minimum absolute atomic E-state index is 0.250. The van der Waals surface area contributed by atoms with Crippen molar-refractivity contribution in [3.05, 3.63) is 60.4 Å². The number of carbonyl (C=O) groups excluding carboxylic acids is 1. The van der Waals surface area contributed by atoms with Crippen LogP contribution in [-0.2, 0) is 9.53 Å². The molecule has 4 unspecified atom stereocenters. The van der Waals surface area contributed by atoms with Gasteiger partial charge in [0.2, 0.25) is 0 Å². The lowest BCUT2D eigenvalue weighted by atomic mass is 9.98. The van der Waals surface area contributed by atoms with Gasteiger partial charge in [-0.1, -0.05) is 75.3 Å². The fourth-order valence-corrected chi connectivity index (χ4v) is 2.26. The van der Waals surface area contributed by atoms with Gasteiger partial charge in [0.15, 0.2) is 5.60 Å². The highest BCUT2D eigenvalue weighted by molar-refractivity contribution is 5.40. The molecule has 0 aromatic heterocycles. The molecule has 2 N–H and O–H groups in total. The van der Waals surface area contributed by atoms with Crippen LogP contribution in [-0.4, -0.2) is 28.4 Å². The maximum atomic E-state index is 10.6. The van der Waals surface area contributed by atoms with Gasteiger partial charge in [-0.05, 0) is 38.2 Å². The number of carbonyl (C=O) groups is 1. The zero-order chi connectivity index (χ0) is 20.0. The third-order valence-corrected chi connectivity index (χ3v) is 4.25. The molecule has 0 radical (unpaired) electrons. The van der Waals surface area contributed by atoms with Crippen LogP contribution in [0.5, 0.6) is 0 Å². The van der Waals surface area contributed by atoms with Crippen LogP contribution in [0.25, 0.3) is 0 Å². The van der Waals surface area contributed by atoms with Crippen LogP contribution < -0.4 is 0 Å². The van der Waals surface area contributed by atoms with Gasteiger partial charge in [0.25, 0.3) is 6.47 Å². The van der Waals surface area contributed by atoms with Crippen molar-refractivity contribution >= 4 is 6.47 Å². The Labute approximate surface area is 158 Å². The minimum Gasteiger partial charge on any atom is -0.516 e. The first-order valence-corrected chi connectivity index (χ1v) is 9.09. The molecule has 0 amide bonds. The number of hydrogen-bond donors (Lipinski definition) is 2. The van der Waals surface area contributed by atoms with Crippen LogP contribution in [0.15, 0.2) is 60.4 Å². The summed E-state index contributed by atoms with van der Waals surface area (Å²) in [4.78, 5) is 10.6. The van der Waals surface area contributed by atoms with Crippen molar-refractivity contribution in [2.45, 2.75) is 59.2 Å². The maximum Gasteiger partial charge on any atom is 0.294 e. The molecule has 0 aliphatic carbocycles. The van der Waals surface area contributed by atoms with Crippen LogP contribution in [0, 0.1) is 11.8 Å². The van der Waals surface area contributed by atoms with Crippen LogP contribution >= 0.6 is 0 Å². The predicted octanol–water partition coefficient (Wildman–Crippen LogP) is 5.04. The van der Waals surface area contributed by atoms with Crippen molar-refractivity contribution in [3.63, 3.8) is 0 Å². The summed E-state index contributed by atoms with van der Waals surface area (Å²) in [7, 11) is 0. The summed E-state index contributed by atoms with van der Waals surface area (Å²) in [5.41, 5.74) is 0.0130. The highest BCUT2D eigenvalue weighted by Gasteiger charge is 2.30. The highest BCUT2D eigenvalue weighted by Crippen LogP contribution is 2.18. The summed E-state index contributed by atoms with van der Waals surface area (Å²) in [6.07, 6.45) is 16.6. The Bertz CT molecular complexity index is 542. The standard InChI is InChI=1S/C22H34O4/c1-6-18(2)11-9-12-20(4)16-19(3)10-7-8-13-21(25)22(5,14-15-23)26-17-24/h7-15,17-19,21,23,25H,6,16H2,1-5H3/b10-7+,11-9+,13-8+,15-14+,20-12+. The Morgan fingerprint density at radius 3 is 2.31 bits per heavy atom. The quantitative estimate of drug-likeness (QED) is 0.290. The number of ether oxygens (including phenoxy) is 1. The second-order valence-electron chi connectivity index (χ2n) is 6.89. The molecule has 4 nitrogen and oxygen atoms in total. The second kappa shape index (κ2) is 13.2. The number of aliphatic hydroxyl groups excluding tert-OH is 2. The van der Waals surface area contributed by atoms with E-state index in [1.54, 1.807) is 6.08 Å². The first kappa shape index (κ1) is 23.9. The van der Waals surface area contributed by atoms with Gasteiger partial charge in [0.05, 0.1) is 6.26 Å². The van der Waals surface area contributed by atoms with Crippen LogP contribution in [0.4, 0.5) is 0 Å². The molecule has 0 rings (SSSR count). The van der Waals surface area contributed by atoms with Crippen molar-refractivity contribution in [2.24, 2.45) is 11.8 Å². The van der Waals surface area contributed by atoms with Crippen molar-refractivity contribution < 1.29 is 19.7 Å². The van der Waals surface area contributed by atoms with Gasteiger partial charge in [-0.2, -0.15) is 0 Å². The maximum absolute atomic E-state index is 10.6. The number of allylic oxidation sites excluding steroid dienone is 7. The Morgan fingerprint density at radius 2 is 1.73 bits per heavy atom. The second-order valence-corrected chi connectivity index (χ2v) is 6.89. The predicted molar refractivity (Wildman–Crippen MR) is 108 cm³/mol. The molecule has 0 spiro atoms. The number of rotatable bonds is 12. The average molecular weight is 363 g/mol. The highest BCUT2D eigenvalue weighted by atomic mass is 16.5. The summed E-state index contributed by atoms with van der Waals surface area (Å²) in [5, 5.41) is 19.0. The van der Waals surface area contributed by atoms with E-state index < -0.39 is 11.7 Å². The fourth-order valence-electron chi connectivity index (χ4n) is 2.26. The first-order valence-electron chi connectivity index (χ1n) is 9.09. The fraction of sp³-hybridized carbons (Fsp3) is 0.500. The molecule has 0 aromatic rings. The van der Waals surface area contributed by atoms with E-state index in [1.807, 2.05) is 6.08 Å². The van der Waals surface area contributed by atoms with Gasteiger partial charge in [-0.15, -0.1) is 0 Å². The SMILES string of the molecule is CCC(C)/C=C/C=C(\C)CC(C)/C=C/C=C/C(O)C(C)(/C=C/O)OC=O. The molecule has 146 valence electrons. The first-order chi connectivity index (χ1) is 12.3. The zero-order valence-corrected chi connectivity index (χ0v) is 16.6. The van der Waals surface area contributed by atoms with E-state index in [1.165, 1.54) is 24.6 Å². The summed E-state index contributed by atoms with van der Waals surface area (Å²) < 4.78 is 4.86. The third kappa shape index (κ3) is 10.0. The van der Waals surface area contributed by atoms with Crippen molar-refractivity contribution in [3.8, 4) is 0 Å². The number of hydrogen-bond acceptors (Lipinski definition) is 4. The third-order valence-electron chi connectivity index (χ3n) is 4.25. The molecule has 0 aliphatic rings. The molecule has 0 heterocycles. The Balaban J connectivity index is 4.62. The van der Waals surface area contributed by atoms with Crippen molar-refractivity contribution in [1.82, 2.24) is 0 Å². The van der Waals surface area contributed by atoms with Crippen molar-refractivity contribution in [2.75, 3.05) is 0 Å². The Morgan fingerprint density at radius 1 is 1.12 bits per heavy atom. The van der Waals surface area contributed by atoms with Gasteiger partial charge in [0.1, 0.15) is 6.10 Å². The van der Waals surface area contributed by atoms with Gasteiger partial charge in [-0.3, -0.25) is 4.79 Å². The molecular formula is C22H34O4. The van der Waals surface area contributed by atoms with E-state index in [0.717, 1.165) is 19.1 Å². The normalized spacial score (nSPS) is 19.2. The van der Waals surface area contributed by atoms with E-state index in [9.17, 15) is 9.90 Å². The lowest BCUT2D eigenvalue weighted by molar-refractivity contribution is -0.144. The lowest BCUT2D eigenvalue weighted by Gasteiger charge is -2.27. The molecule has 26 heavy (non-hydrogen) atoms. The van der Waals surface area contributed by atoms with Gasteiger partial charge in [-0.25, -0.2) is 0 Å². The van der Waals surface area contributed by atoms with E-state index in [2.05, 4.69) is 52.0 Å². The molecule has 0 saturated carbocycles. The Hall–Kier alpha value is -2.07. The largest absolute Gasteiger partial charge is 0.516 e. The summed E-state index contributed by atoms with van der Waals surface area (Å²) in [6, 6.07) is 0. The van der Waals surface area contributed by atoms with Crippen LogP contribution in [0.2, 0.25) is 0 Å². The number of aliphatic hydroxyl groups is 2. The van der Waals surface area contributed by atoms with Crippen molar-refractivity contribution in [1.29, 1.82) is 0 Å². The van der Waals surface area contributed by atoms with Crippen LogP contribution in [0.3, 0.4) is 0 Å².